The normalized spacial score (nSPS) is 20.0. The van der Waals surface area contributed by atoms with Crippen LogP contribution in [-0.2, 0) is 102 Å². The second kappa shape index (κ2) is 56.6. The summed E-state index contributed by atoms with van der Waals surface area (Å²) in [6.45, 7) is 4.97. The monoisotopic (exact) mass is 1880 g/mol. The zero-order valence-corrected chi connectivity index (χ0v) is 78.0. The maximum atomic E-state index is 15.5. The molecule has 2 aromatic heterocycles. The lowest BCUT2D eigenvalue weighted by Gasteiger charge is -2.34. The number of ketones is 2. The molecular weight excluding hydrogens is 1740 g/mol. The highest BCUT2D eigenvalue weighted by Crippen LogP contribution is 2.24. The molecule has 11 amide bonds. The number of imidazole rings is 1. The zero-order chi connectivity index (χ0) is 97.9. The molecule has 8 rings (SSSR count). The van der Waals surface area contributed by atoms with E-state index < -0.39 is 144 Å². The highest BCUT2D eigenvalue weighted by molar-refractivity contribution is 5.99. The Morgan fingerprint density at radius 3 is 1.79 bits per heavy atom. The number of hydrogen-bond donors (Lipinski definition) is 17. The number of amides is 11. The third kappa shape index (κ3) is 38.4. The van der Waals surface area contributed by atoms with Crippen LogP contribution in [0.2, 0.25) is 0 Å². The number of aromatic amines is 2. The van der Waals surface area contributed by atoms with Crippen LogP contribution >= 0.6 is 0 Å². The van der Waals surface area contributed by atoms with Crippen molar-refractivity contribution in [1.82, 2.24) is 97.1 Å². The molecule has 8 atom stereocenters. The first-order chi connectivity index (χ1) is 64.7. The highest BCUT2D eigenvalue weighted by atomic mass is 16.4. The maximum absolute atomic E-state index is 15.5. The number of benzene rings is 3. The number of H-pyrrole nitrogens is 2. The lowest BCUT2D eigenvalue weighted by atomic mass is 9.94. The van der Waals surface area contributed by atoms with Crippen molar-refractivity contribution in [3.05, 3.63) is 126 Å². The highest BCUT2D eigenvalue weighted by Gasteiger charge is 2.40. The van der Waals surface area contributed by atoms with Gasteiger partial charge in [-0.1, -0.05) is 111 Å². The summed E-state index contributed by atoms with van der Waals surface area (Å²) in [6, 6.07) is 13.8. The van der Waals surface area contributed by atoms with Crippen LogP contribution in [0.25, 0.3) is 10.9 Å². The van der Waals surface area contributed by atoms with Gasteiger partial charge in [0.05, 0.1) is 52.0 Å². The molecule has 3 aliphatic rings. The fraction of sp³-hybridized carbons (Fsp3) is 0.574. The first kappa shape index (κ1) is 108. The number of primary amides is 1. The Balaban J connectivity index is 0.951. The van der Waals surface area contributed by atoms with Crippen LogP contribution in [-0.4, -0.2) is 345 Å². The van der Waals surface area contributed by atoms with E-state index in [1.165, 1.54) is 26.6 Å². The average molecular weight is 1880 g/mol. The molecule has 3 fully saturated rings. The van der Waals surface area contributed by atoms with E-state index in [9.17, 15) is 68.1 Å². The van der Waals surface area contributed by atoms with Crippen LogP contribution in [0.3, 0.4) is 0 Å². The summed E-state index contributed by atoms with van der Waals surface area (Å²) in [4.78, 5) is 245. The number of carbonyl (C=O) groups is 16. The molecule has 5 aromatic rings. The SMILES string of the molecule is CCCC[C@H](CC(=O)CN1CCC(NC(=O)[C@H](CCCCCC(=O)CN2CCN(CC(=O)O)CCN(CC(=O)O)CCN(CC(=O)O)CC2)NC(=O)CNC(=O)CCCc2ccc(C)cc2)CC1)C(=O)N[C@H]1CC(=O)NCCCC[C@@H](C(N)=O)N(C)C(=O)[C@H](Cc2c[nH]c3ccccc23)NC(=O)[C@H](CCCNC(=N)N)N(C)C(=O)[C@@H](Cc2ccccc2)NC(=O)[C@H](Cc2cnc[nH]2)NC1=O. The first-order valence-electron chi connectivity index (χ1n) is 46.8. The number of carboxylic acids is 3. The number of likely N-dealkylation sites (tertiary alicyclic amines) is 1. The molecule has 41 nitrogen and oxygen atoms in total. The fourth-order valence-electron chi connectivity index (χ4n) is 17.1. The minimum Gasteiger partial charge on any atom is -0.480 e. The van der Waals surface area contributed by atoms with E-state index in [4.69, 9.17) is 16.9 Å². The molecule has 135 heavy (non-hydrogen) atoms. The number of Topliss-reactive ketones (excluding diaryl/α,β-unsaturated/α-hetero) is 2. The number of nitrogens with one attached hydrogen (secondary N) is 12. The number of hydrogen-bond acceptors (Lipinski definition) is 23. The summed E-state index contributed by atoms with van der Waals surface area (Å²) in [5.41, 5.74) is 16.2. The Hall–Kier alpha value is -12.6. The number of fused-ring (bicyclic) bond motifs is 1. The van der Waals surface area contributed by atoms with Crippen molar-refractivity contribution in [3.63, 3.8) is 0 Å². The number of piperidine rings is 1. The van der Waals surface area contributed by atoms with Gasteiger partial charge in [0, 0.05) is 172 Å². The predicted octanol–water partition coefficient (Wildman–Crippen LogP) is 0.224. The summed E-state index contributed by atoms with van der Waals surface area (Å²) in [7, 11) is 2.76. The number of carbonyl (C=O) groups excluding carboxylic acids is 13. The van der Waals surface area contributed by atoms with Crippen molar-refractivity contribution in [2.24, 2.45) is 17.4 Å². The molecule has 0 spiro atoms. The molecule has 19 N–H and O–H groups in total. The molecule has 0 saturated carbocycles. The number of likely N-dealkylation sites (N-methyl/N-ethyl adjacent to an activating group) is 2. The molecular formula is C94H138N22O19. The van der Waals surface area contributed by atoms with E-state index in [2.05, 4.69) is 62.8 Å². The van der Waals surface area contributed by atoms with Gasteiger partial charge < -0.3 is 94.4 Å². The summed E-state index contributed by atoms with van der Waals surface area (Å²) in [5, 5.41) is 62.9. The molecule has 0 bridgehead atoms. The molecule has 3 aromatic carbocycles. The molecule has 41 heteroatoms. The molecule has 738 valence electrons. The third-order valence-electron chi connectivity index (χ3n) is 24.7. The number of guanidine groups is 1. The van der Waals surface area contributed by atoms with Crippen molar-refractivity contribution in [3.8, 4) is 0 Å². The number of aryl methyl sites for hydroxylation is 2. The van der Waals surface area contributed by atoms with E-state index in [-0.39, 0.29) is 205 Å². The van der Waals surface area contributed by atoms with E-state index in [1.807, 2.05) is 72.2 Å². The minimum atomic E-state index is -1.70. The quantitative estimate of drug-likeness (QED) is 0.0141. The van der Waals surface area contributed by atoms with Gasteiger partial charge in [-0.05, 0) is 107 Å². The Morgan fingerprint density at radius 1 is 0.563 bits per heavy atom. The van der Waals surface area contributed by atoms with Crippen LogP contribution in [0.1, 0.15) is 157 Å². The number of carboxylic acid groups (broad SMARTS) is 3. The smallest absolute Gasteiger partial charge is 0.317 e. The van der Waals surface area contributed by atoms with Crippen molar-refractivity contribution < 1.29 is 92.0 Å². The van der Waals surface area contributed by atoms with Crippen molar-refractivity contribution in [2.45, 2.75) is 210 Å². The Kier molecular flexibility index (Phi) is 45.1. The van der Waals surface area contributed by atoms with Crippen LogP contribution in [0.15, 0.2) is 97.6 Å². The number of para-hydroxylation sites is 1. The van der Waals surface area contributed by atoms with Crippen LogP contribution < -0.4 is 59.3 Å². The van der Waals surface area contributed by atoms with E-state index in [1.54, 1.807) is 51.2 Å². The molecule has 0 aliphatic carbocycles. The predicted molar refractivity (Wildman–Crippen MR) is 501 cm³/mol. The zero-order valence-electron chi connectivity index (χ0n) is 78.0. The summed E-state index contributed by atoms with van der Waals surface area (Å²) in [5.74, 6) is -13.0. The number of aliphatic carboxylic acids is 3. The van der Waals surface area contributed by atoms with Crippen molar-refractivity contribution >= 4 is 111 Å². The van der Waals surface area contributed by atoms with Gasteiger partial charge in [-0.3, -0.25) is 107 Å². The van der Waals surface area contributed by atoms with Gasteiger partial charge in [0.25, 0.3) is 0 Å². The van der Waals surface area contributed by atoms with Gasteiger partial charge in [-0.25, -0.2) is 4.98 Å². The molecule has 0 radical (unpaired) electrons. The Bertz CT molecular complexity index is 4730. The number of rotatable bonds is 43. The van der Waals surface area contributed by atoms with Crippen LogP contribution in [0.4, 0.5) is 0 Å². The molecule has 3 aliphatic heterocycles. The molecule has 5 heterocycles. The number of unbranched alkanes of at least 4 members (excludes halogenated alkanes) is 3. The Labute approximate surface area is 786 Å². The largest absolute Gasteiger partial charge is 0.480 e. The topological polar surface area (TPSA) is 585 Å². The number of nitrogens with two attached hydrogens (primary N) is 2. The maximum Gasteiger partial charge on any atom is 0.317 e. The van der Waals surface area contributed by atoms with E-state index in [0.29, 0.717) is 87.7 Å². The van der Waals surface area contributed by atoms with E-state index in [0.717, 1.165) is 31.8 Å². The van der Waals surface area contributed by atoms with Gasteiger partial charge in [0.2, 0.25) is 65.0 Å². The van der Waals surface area contributed by atoms with Crippen LogP contribution in [0.5, 0.6) is 0 Å². The Morgan fingerprint density at radius 2 is 1.16 bits per heavy atom. The van der Waals surface area contributed by atoms with Crippen molar-refractivity contribution in [2.75, 3.05) is 132 Å². The molecule has 0 unspecified atom stereocenters. The van der Waals surface area contributed by atoms with Gasteiger partial charge in [-0.2, -0.15) is 0 Å². The van der Waals surface area contributed by atoms with Gasteiger partial charge in [0.15, 0.2) is 5.96 Å². The lowest BCUT2D eigenvalue weighted by Crippen LogP contribution is -2.61. The number of nitrogens with zero attached hydrogens (tertiary/aromatic N) is 8. The summed E-state index contributed by atoms with van der Waals surface area (Å²) in [6.07, 6.45) is 8.35. The average Bonchev–Trinajstić information content (AvgIpc) is 1.76. The summed E-state index contributed by atoms with van der Waals surface area (Å²) < 4.78 is 0. The molecule has 3 saturated heterocycles. The van der Waals surface area contributed by atoms with Gasteiger partial charge in [0.1, 0.15) is 53.9 Å². The minimum absolute atomic E-state index is 0.000142. The van der Waals surface area contributed by atoms with Gasteiger partial charge >= 0.3 is 17.9 Å². The lowest BCUT2D eigenvalue weighted by molar-refractivity contribution is -0.145. The number of aromatic nitrogens is 3. The van der Waals surface area contributed by atoms with Crippen molar-refractivity contribution in [1.29, 1.82) is 5.41 Å². The second-order valence-electron chi connectivity index (χ2n) is 35.4. The standard InChI is InChI=1S/C94H138N22O19/c1-5-6-22-65(49-70(118)57-112-38-34-67(35-39-112)104-88(130)73(105-82(121)55-102-80(119)29-17-21-63-32-30-62(2)31-33-63)26-12-8-11-23-69(117)56-113-40-42-114(58-83(122)123)44-46-116(60-85(126)127)47-45-115(43-41-113)59-84(124)125)87(129)106-75-52-81(120)99-36-16-15-27-78(86(95)128)110(3)93(135)77(50-66-53-101-72-25-14-13-24-71(66)72)109-91(133)79(28-18-37-100-94(96)97)111(4)92(134)76(48-64-19-9-7-10-20-64)108-89(131)74(107-90(75)132)51-68-54-98-61-103-68/h7,9-10,13-14,19-20,24-25,30-33,53-54,61,65,67,73-79,101H,5-6,8,11-12,15-18,21-23,26-29,34-52,55-60H2,1-4H3,(H2,95,128)(H,98,103)(H,99,120)(H,102,119)(H,104,130)(H,105,121)(H,106,129)(H,107,132)(H,108,131)(H,109,133)(H,122,123)(H,124,125)(H,126,127)(H4,96,97,100)/t65-,73+,74+,75+,76-,77+,78+,79+/m1/s1. The fourth-order valence-corrected chi connectivity index (χ4v) is 17.1. The second-order valence-corrected chi connectivity index (χ2v) is 35.4. The van der Waals surface area contributed by atoms with Crippen LogP contribution in [0, 0.1) is 18.3 Å². The third-order valence-corrected chi connectivity index (χ3v) is 24.7. The van der Waals surface area contributed by atoms with E-state index >= 15 is 24.0 Å². The first-order valence-corrected chi connectivity index (χ1v) is 46.8. The summed E-state index contributed by atoms with van der Waals surface area (Å²) >= 11 is 0. The van der Waals surface area contributed by atoms with Gasteiger partial charge in [-0.15, -0.1) is 0 Å².